The minimum atomic E-state index is -0.148. The molecular formula is C20H23N5O4. The van der Waals surface area contributed by atoms with Crippen molar-refractivity contribution >= 4 is 17.6 Å². The Morgan fingerprint density at radius 3 is 2.52 bits per heavy atom. The number of anilines is 1. The van der Waals surface area contributed by atoms with E-state index in [-0.39, 0.29) is 18.6 Å². The van der Waals surface area contributed by atoms with Gasteiger partial charge in [0.25, 0.3) is 5.91 Å². The second-order valence-corrected chi connectivity index (χ2v) is 7.03. The molecule has 0 saturated carbocycles. The zero-order chi connectivity index (χ0) is 20.4. The first-order valence-electron chi connectivity index (χ1n) is 9.52. The quantitative estimate of drug-likeness (QED) is 0.834. The van der Waals surface area contributed by atoms with Crippen LogP contribution in [0.3, 0.4) is 0 Å². The maximum Gasteiger partial charge on any atom is 0.272 e. The Kier molecular flexibility index (Phi) is 5.20. The Bertz CT molecular complexity index is 940. The number of nitrogens with one attached hydrogen (secondary N) is 1. The number of hydrogen-bond donors (Lipinski definition) is 1. The Balaban J connectivity index is 1.42. The van der Waals surface area contributed by atoms with Crippen molar-refractivity contribution in [1.29, 1.82) is 0 Å². The van der Waals surface area contributed by atoms with Crippen LogP contribution in [-0.4, -0.2) is 64.6 Å². The number of carbonyl (C=O) groups excluding carboxylic acids is 2. The van der Waals surface area contributed by atoms with Crippen LogP contribution in [0.4, 0.5) is 5.82 Å². The molecule has 152 valence electrons. The number of aromatic nitrogens is 2. The van der Waals surface area contributed by atoms with Crippen LogP contribution in [0.15, 0.2) is 24.3 Å². The van der Waals surface area contributed by atoms with Crippen molar-refractivity contribution in [2.24, 2.45) is 0 Å². The fraction of sp³-hybridized carbons (Fsp3) is 0.400. The molecule has 2 aliphatic rings. The first kappa shape index (κ1) is 19.0. The van der Waals surface area contributed by atoms with E-state index in [0.717, 1.165) is 17.1 Å². The van der Waals surface area contributed by atoms with E-state index in [1.54, 1.807) is 29.7 Å². The predicted molar refractivity (Wildman–Crippen MR) is 105 cm³/mol. The summed E-state index contributed by atoms with van der Waals surface area (Å²) in [4.78, 5) is 36.5. The van der Waals surface area contributed by atoms with E-state index in [2.05, 4.69) is 15.3 Å². The molecule has 2 amide bonds. The molecule has 29 heavy (non-hydrogen) atoms. The molecule has 0 aliphatic carbocycles. The number of rotatable bonds is 4. The molecule has 0 radical (unpaired) electrons. The highest BCUT2D eigenvalue weighted by Crippen LogP contribution is 2.32. The third kappa shape index (κ3) is 4.23. The van der Waals surface area contributed by atoms with Crippen molar-refractivity contribution in [3.63, 3.8) is 0 Å². The van der Waals surface area contributed by atoms with Gasteiger partial charge in [0, 0.05) is 45.7 Å². The topological polar surface area (TPSA) is 96.9 Å². The average Bonchev–Trinajstić information content (AvgIpc) is 3.19. The Hall–Kier alpha value is -3.36. The summed E-state index contributed by atoms with van der Waals surface area (Å²) >= 11 is 0. The molecule has 3 heterocycles. The number of benzene rings is 1. The van der Waals surface area contributed by atoms with Crippen molar-refractivity contribution < 1.29 is 19.1 Å². The fourth-order valence-electron chi connectivity index (χ4n) is 3.40. The van der Waals surface area contributed by atoms with Crippen molar-refractivity contribution in [3.05, 3.63) is 41.3 Å². The molecule has 1 saturated heterocycles. The third-order valence-electron chi connectivity index (χ3n) is 4.98. The van der Waals surface area contributed by atoms with E-state index in [0.29, 0.717) is 50.1 Å². The molecule has 2 aliphatic heterocycles. The largest absolute Gasteiger partial charge is 0.454 e. The molecule has 0 unspecified atom stereocenters. The van der Waals surface area contributed by atoms with Crippen LogP contribution in [0.2, 0.25) is 0 Å². The van der Waals surface area contributed by atoms with E-state index < -0.39 is 0 Å². The summed E-state index contributed by atoms with van der Waals surface area (Å²) in [5.74, 6) is 2.45. The van der Waals surface area contributed by atoms with Gasteiger partial charge in [-0.2, -0.15) is 0 Å². The van der Waals surface area contributed by atoms with E-state index in [9.17, 15) is 9.59 Å². The van der Waals surface area contributed by atoms with Gasteiger partial charge in [-0.15, -0.1) is 0 Å². The monoisotopic (exact) mass is 397 g/mol. The number of fused-ring (bicyclic) bond motifs is 1. The van der Waals surface area contributed by atoms with Gasteiger partial charge in [-0.1, -0.05) is 6.07 Å². The second kappa shape index (κ2) is 7.94. The molecular weight excluding hydrogens is 374 g/mol. The highest BCUT2D eigenvalue weighted by Gasteiger charge is 2.24. The van der Waals surface area contributed by atoms with E-state index in [1.807, 2.05) is 18.2 Å². The lowest BCUT2D eigenvalue weighted by molar-refractivity contribution is -0.130. The maximum absolute atomic E-state index is 12.9. The summed E-state index contributed by atoms with van der Waals surface area (Å²) in [6.45, 7) is 6.16. The number of hydrogen-bond acceptors (Lipinski definition) is 7. The van der Waals surface area contributed by atoms with Crippen molar-refractivity contribution in [2.75, 3.05) is 38.3 Å². The lowest BCUT2D eigenvalue weighted by Crippen LogP contribution is -2.50. The highest BCUT2D eigenvalue weighted by molar-refractivity contribution is 5.93. The van der Waals surface area contributed by atoms with Crippen LogP contribution >= 0.6 is 0 Å². The molecule has 1 aromatic carbocycles. The molecule has 1 fully saturated rings. The molecule has 1 N–H and O–H groups in total. The van der Waals surface area contributed by atoms with Crippen LogP contribution in [0.25, 0.3) is 0 Å². The molecule has 1 aromatic heterocycles. The standard InChI is InChI=1S/C20H23N5O4/c1-13-22-16(20(27)25-7-5-24(6-8-25)14(2)26)10-19(23-13)21-11-15-3-4-17-18(9-15)29-12-28-17/h3-4,9-10H,5-8,11-12H2,1-2H3,(H,21,22,23). The zero-order valence-corrected chi connectivity index (χ0v) is 16.5. The van der Waals surface area contributed by atoms with Gasteiger partial charge in [-0.05, 0) is 24.6 Å². The summed E-state index contributed by atoms with van der Waals surface area (Å²) in [6, 6.07) is 7.42. The minimum absolute atomic E-state index is 0.0324. The van der Waals surface area contributed by atoms with Crippen LogP contribution in [0.1, 0.15) is 28.8 Å². The van der Waals surface area contributed by atoms with Gasteiger partial charge in [0.1, 0.15) is 17.3 Å². The smallest absolute Gasteiger partial charge is 0.272 e. The van der Waals surface area contributed by atoms with Crippen LogP contribution in [-0.2, 0) is 11.3 Å². The first-order chi connectivity index (χ1) is 14.0. The SMILES string of the molecule is CC(=O)N1CCN(C(=O)c2cc(NCc3ccc4c(c3)OCO4)nc(C)n2)CC1. The van der Waals surface area contributed by atoms with E-state index >= 15 is 0 Å². The van der Waals surface area contributed by atoms with Crippen LogP contribution < -0.4 is 14.8 Å². The van der Waals surface area contributed by atoms with Gasteiger partial charge < -0.3 is 24.6 Å². The normalized spacial score (nSPS) is 15.4. The summed E-state index contributed by atoms with van der Waals surface area (Å²) in [7, 11) is 0. The fourth-order valence-corrected chi connectivity index (χ4v) is 3.40. The minimum Gasteiger partial charge on any atom is -0.454 e. The molecule has 9 nitrogen and oxygen atoms in total. The Morgan fingerprint density at radius 1 is 1.03 bits per heavy atom. The number of aryl methyl sites for hydroxylation is 1. The lowest BCUT2D eigenvalue weighted by atomic mass is 10.2. The van der Waals surface area contributed by atoms with Crippen molar-refractivity contribution in [1.82, 2.24) is 19.8 Å². The average molecular weight is 397 g/mol. The molecule has 4 rings (SSSR count). The highest BCUT2D eigenvalue weighted by atomic mass is 16.7. The van der Waals surface area contributed by atoms with Gasteiger partial charge >= 0.3 is 0 Å². The molecule has 9 heteroatoms. The van der Waals surface area contributed by atoms with Crippen LogP contribution in [0, 0.1) is 6.92 Å². The molecule has 0 spiro atoms. The Labute approximate surface area is 168 Å². The summed E-state index contributed by atoms with van der Waals surface area (Å²) in [5.41, 5.74) is 1.36. The van der Waals surface area contributed by atoms with Crippen molar-refractivity contribution in [3.8, 4) is 11.5 Å². The molecule has 0 atom stereocenters. The van der Waals surface area contributed by atoms with E-state index in [1.165, 1.54) is 0 Å². The zero-order valence-electron chi connectivity index (χ0n) is 16.5. The Morgan fingerprint density at radius 2 is 1.76 bits per heavy atom. The summed E-state index contributed by atoms with van der Waals surface area (Å²) in [6.07, 6.45) is 0. The first-order valence-corrected chi connectivity index (χ1v) is 9.52. The van der Waals surface area contributed by atoms with Crippen molar-refractivity contribution in [2.45, 2.75) is 20.4 Å². The maximum atomic E-state index is 12.9. The van der Waals surface area contributed by atoms with Gasteiger partial charge in [0.2, 0.25) is 12.7 Å². The lowest BCUT2D eigenvalue weighted by Gasteiger charge is -2.34. The number of amides is 2. The predicted octanol–water partition coefficient (Wildman–Crippen LogP) is 1.43. The van der Waals surface area contributed by atoms with Gasteiger partial charge in [-0.3, -0.25) is 9.59 Å². The van der Waals surface area contributed by atoms with E-state index in [4.69, 9.17) is 9.47 Å². The van der Waals surface area contributed by atoms with Gasteiger partial charge in [0.05, 0.1) is 0 Å². The number of ether oxygens (including phenoxy) is 2. The van der Waals surface area contributed by atoms with Crippen LogP contribution in [0.5, 0.6) is 11.5 Å². The number of nitrogens with zero attached hydrogens (tertiary/aromatic N) is 4. The summed E-state index contributed by atoms with van der Waals surface area (Å²) in [5, 5.41) is 3.24. The molecule has 0 bridgehead atoms. The van der Waals surface area contributed by atoms with Gasteiger partial charge in [-0.25, -0.2) is 9.97 Å². The number of piperazine rings is 1. The van der Waals surface area contributed by atoms with Gasteiger partial charge in [0.15, 0.2) is 11.5 Å². The third-order valence-corrected chi connectivity index (χ3v) is 4.98. The molecule has 2 aromatic rings. The number of carbonyl (C=O) groups is 2. The summed E-state index contributed by atoms with van der Waals surface area (Å²) < 4.78 is 10.7. The second-order valence-electron chi connectivity index (χ2n) is 7.03.